The number of furan rings is 1. The fraction of sp³-hybridized carbons (Fsp3) is 0.400. The fourth-order valence-corrected chi connectivity index (χ4v) is 1.98. The van der Waals surface area contributed by atoms with Gasteiger partial charge in [-0.3, -0.25) is 4.79 Å². The van der Waals surface area contributed by atoms with Crippen molar-refractivity contribution in [2.45, 2.75) is 25.7 Å². The maximum absolute atomic E-state index is 12.0. The van der Waals surface area contributed by atoms with Crippen molar-refractivity contribution in [3.05, 3.63) is 36.1 Å². The highest BCUT2D eigenvalue weighted by Crippen LogP contribution is 2.24. The lowest BCUT2D eigenvalue weighted by atomic mass is 10.1. The molecule has 20 heavy (non-hydrogen) atoms. The van der Waals surface area contributed by atoms with E-state index in [1.54, 1.807) is 0 Å². The second-order valence-electron chi connectivity index (χ2n) is 4.70. The number of nitrogens with one attached hydrogen (secondary N) is 1. The average molecular weight is 297 g/mol. The molecule has 1 heterocycles. The van der Waals surface area contributed by atoms with Crippen LogP contribution in [0.15, 0.2) is 34.7 Å². The Hall–Kier alpha value is -1.52. The molecule has 110 valence electrons. The minimum absolute atomic E-state index is 0. The van der Waals surface area contributed by atoms with Crippen LogP contribution in [-0.4, -0.2) is 19.0 Å². The monoisotopic (exact) mass is 296 g/mol. The molecule has 1 aromatic heterocycles. The second kappa shape index (κ2) is 7.92. The number of amides is 1. The van der Waals surface area contributed by atoms with Gasteiger partial charge in [-0.25, -0.2) is 0 Å². The van der Waals surface area contributed by atoms with Gasteiger partial charge in [0.05, 0.1) is 5.92 Å². The number of carbonyl (C=O) groups is 1. The van der Waals surface area contributed by atoms with Crippen molar-refractivity contribution in [3.8, 4) is 0 Å². The third-order valence-corrected chi connectivity index (χ3v) is 3.19. The quantitative estimate of drug-likeness (QED) is 0.805. The summed E-state index contributed by atoms with van der Waals surface area (Å²) < 4.78 is 5.70. The summed E-state index contributed by atoms with van der Waals surface area (Å²) in [5.74, 6) is 0.430. The Morgan fingerprint density at radius 2 is 2.10 bits per heavy atom. The van der Waals surface area contributed by atoms with E-state index in [9.17, 15) is 4.79 Å². The molecule has 0 saturated carbocycles. The van der Waals surface area contributed by atoms with E-state index in [0.717, 1.165) is 23.8 Å². The number of nitrogens with two attached hydrogens (primary N) is 1. The maximum atomic E-state index is 12.0. The Morgan fingerprint density at radius 3 is 2.80 bits per heavy atom. The summed E-state index contributed by atoms with van der Waals surface area (Å²) in [5.41, 5.74) is 6.23. The topological polar surface area (TPSA) is 68.3 Å². The second-order valence-corrected chi connectivity index (χ2v) is 4.70. The van der Waals surface area contributed by atoms with Gasteiger partial charge in [-0.2, -0.15) is 0 Å². The molecular weight excluding hydrogens is 276 g/mol. The zero-order chi connectivity index (χ0) is 13.7. The lowest BCUT2D eigenvalue weighted by molar-refractivity contribution is -0.122. The molecule has 0 saturated heterocycles. The number of fused-ring (bicyclic) bond motifs is 1. The summed E-state index contributed by atoms with van der Waals surface area (Å²) in [7, 11) is 0. The molecule has 2 rings (SSSR count). The molecule has 1 atom stereocenters. The zero-order valence-corrected chi connectivity index (χ0v) is 12.4. The first-order valence-electron chi connectivity index (χ1n) is 6.68. The predicted octanol–water partition coefficient (Wildman–Crippen LogP) is 2.81. The van der Waals surface area contributed by atoms with Crippen LogP contribution in [0, 0.1) is 0 Å². The zero-order valence-electron chi connectivity index (χ0n) is 11.6. The van der Waals surface area contributed by atoms with Gasteiger partial charge in [0, 0.05) is 11.9 Å². The summed E-state index contributed by atoms with van der Waals surface area (Å²) in [4.78, 5) is 12.0. The third-order valence-electron chi connectivity index (χ3n) is 3.19. The molecule has 5 heteroatoms. The van der Waals surface area contributed by atoms with Gasteiger partial charge in [0.1, 0.15) is 11.3 Å². The Kier molecular flexibility index (Phi) is 6.55. The molecule has 0 fully saturated rings. The minimum Gasteiger partial charge on any atom is -0.460 e. The van der Waals surface area contributed by atoms with Crippen LogP contribution in [0.5, 0.6) is 0 Å². The van der Waals surface area contributed by atoms with Crippen molar-refractivity contribution in [2.24, 2.45) is 5.73 Å². The first-order valence-corrected chi connectivity index (χ1v) is 6.68. The molecule has 0 aliphatic heterocycles. The van der Waals surface area contributed by atoms with Crippen molar-refractivity contribution >= 4 is 29.3 Å². The molecule has 2 aromatic rings. The third kappa shape index (κ3) is 3.99. The largest absolute Gasteiger partial charge is 0.460 e. The molecule has 3 N–H and O–H groups in total. The van der Waals surface area contributed by atoms with E-state index in [1.165, 1.54) is 0 Å². The summed E-state index contributed by atoms with van der Waals surface area (Å²) in [5, 5.41) is 3.93. The molecule has 0 aliphatic rings. The highest BCUT2D eigenvalue weighted by molar-refractivity contribution is 5.85. The van der Waals surface area contributed by atoms with Gasteiger partial charge in [0.15, 0.2) is 0 Å². The fourth-order valence-electron chi connectivity index (χ4n) is 1.98. The molecule has 1 amide bonds. The van der Waals surface area contributed by atoms with Crippen molar-refractivity contribution in [1.82, 2.24) is 5.32 Å². The van der Waals surface area contributed by atoms with Crippen LogP contribution in [0.4, 0.5) is 0 Å². The minimum atomic E-state index is -0.273. The highest BCUT2D eigenvalue weighted by atomic mass is 35.5. The molecule has 0 radical (unpaired) electrons. The van der Waals surface area contributed by atoms with E-state index in [-0.39, 0.29) is 24.2 Å². The first-order chi connectivity index (χ1) is 9.22. The number of hydrogen-bond acceptors (Lipinski definition) is 3. The number of para-hydroxylation sites is 1. The van der Waals surface area contributed by atoms with E-state index < -0.39 is 0 Å². The average Bonchev–Trinajstić information content (AvgIpc) is 2.86. The Morgan fingerprint density at radius 1 is 1.35 bits per heavy atom. The van der Waals surface area contributed by atoms with Crippen molar-refractivity contribution in [2.75, 3.05) is 13.1 Å². The Bertz CT molecular complexity index is 521. The van der Waals surface area contributed by atoms with Gasteiger partial charge < -0.3 is 15.5 Å². The lowest BCUT2D eigenvalue weighted by Crippen LogP contribution is -2.28. The van der Waals surface area contributed by atoms with E-state index in [1.807, 2.05) is 37.3 Å². The number of unbranched alkanes of at least 4 members (excludes halogenated alkanes) is 1. The van der Waals surface area contributed by atoms with Crippen LogP contribution in [-0.2, 0) is 4.79 Å². The summed E-state index contributed by atoms with van der Waals surface area (Å²) in [6, 6.07) is 9.70. The molecule has 0 bridgehead atoms. The number of halogens is 1. The van der Waals surface area contributed by atoms with Crippen molar-refractivity contribution in [1.29, 1.82) is 0 Å². The van der Waals surface area contributed by atoms with Crippen LogP contribution in [0.2, 0.25) is 0 Å². The van der Waals surface area contributed by atoms with Gasteiger partial charge in [-0.1, -0.05) is 18.2 Å². The van der Waals surface area contributed by atoms with Gasteiger partial charge in [-0.05, 0) is 38.4 Å². The number of hydrogen-bond donors (Lipinski definition) is 2. The molecule has 1 aromatic carbocycles. The Balaban J connectivity index is 0.00000200. The summed E-state index contributed by atoms with van der Waals surface area (Å²) in [6.07, 6.45) is 1.84. The first kappa shape index (κ1) is 16.5. The van der Waals surface area contributed by atoms with E-state index in [4.69, 9.17) is 10.2 Å². The van der Waals surface area contributed by atoms with E-state index >= 15 is 0 Å². The van der Waals surface area contributed by atoms with E-state index in [2.05, 4.69) is 5.32 Å². The summed E-state index contributed by atoms with van der Waals surface area (Å²) in [6.45, 7) is 3.19. The molecule has 1 unspecified atom stereocenters. The maximum Gasteiger partial charge on any atom is 0.230 e. The molecule has 0 aliphatic carbocycles. The van der Waals surface area contributed by atoms with Crippen molar-refractivity contribution < 1.29 is 9.21 Å². The van der Waals surface area contributed by atoms with Crippen LogP contribution in [0.25, 0.3) is 11.0 Å². The lowest BCUT2D eigenvalue weighted by Gasteiger charge is -2.09. The molecular formula is C15H21ClN2O2. The van der Waals surface area contributed by atoms with Crippen LogP contribution < -0.4 is 11.1 Å². The number of rotatable bonds is 6. The highest BCUT2D eigenvalue weighted by Gasteiger charge is 2.18. The van der Waals surface area contributed by atoms with Crippen LogP contribution >= 0.6 is 12.4 Å². The SMILES string of the molecule is CC(C(=O)NCCCCN)c1cc2ccccc2o1.Cl. The normalized spacial score (nSPS) is 11.9. The molecule has 0 spiro atoms. The van der Waals surface area contributed by atoms with Crippen LogP contribution in [0.1, 0.15) is 31.4 Å². The predicted molar refractivity (Wildman–Crippen MR) is 83.2 cm³/mol. The van der Waals surface area contributed by atoms with Gasteiger partial charge in [-0.15, -0.1) is 12.4 Å². The smallest absolute Gasteiger partial charge is 0.230 e. The summed E-state index contributed by atoms with van der Waals surface area (Å²) >= 11 is 0. The van der Waals surface area contributed by atoms with Gasteiger partial charge in [0.2, 0.25) is 5.91 Å². The van der Waals surface area contributed by atoms with Gasteiger partial charge >= 0.3 is 0 Å². The molecule has 4 nitrogen and oxygen atoms in total. The van der Waals surface area contributed by atoms with E-state index in [0.29, 0.717) is 18.8 Å². The van der Waals surface area contributed by atoms with Crippen LogP contribution in [0.3, 0.4) is 0 Å². The number of benzene rings is 1. The van der Waals surface area contributed by atoms with Gasteiger partial charge in [0.25, 0.3) is 0 Å². The standard InChI is InChI=1S/C15H20N2O2.ClH/c1-11(15(18)17-9-5-4-8-16)14-10-12-6-2-3-7-13(12)19-14;/h2-3,6-7,10-11H,4-5,8-9,16H2,1H3,(H,17,18);1H. The van der Waals surface area contributed by atoms with Crippen molar-refractivity contribution in [3.63, 3.8) is 0 Å². The Labute approximate surface area is 125 Å². The number of carbonyl (C=O) groups excluding carboxylic acids is 1.